The van der Waals surface area contributed by atoms with Gasteiger partial charge in [-0.2, -0.15) is 5.10 Å². The Hall–Kier alpha value is -3.48. The number of carbonyl (C=O) groups is 1. The molecule has 0 unspecified atom stereocenters. The molecule has 0 aliphatic carbocycles. The van der Waals surface area contributed by atoms with Crippen LogP contribution in [0.15, 0.2) is 60.8 Å². The number of anilines is 2. The van der Waals surface area contributed by atoms with Crippen molar-refractivity contribution in [1.29, 1.82) is 0 Å². The SMILES string of the molecule is CN(C)c1ccc(Cn2nccc2NC(=O)COc2ccccc2O)cc1. The van der Waals surface area contributed by atoms with Gasteiger partial charge in [-0.25, -0.2) is 4.68 Å². The van der Waals surface area contributed by atoms with E-state index in [1.165, 1.54) is 6.07 Å². The Labute approximate surface area is 157 Å². The van der Waals surface area contributed by atoms with E-state index >= 15 is 0 Å². The number of hydrogen-bond donors (Lipinski definition) is 2. The van der Waals surface area contributed by atoms with Gasteiger partial charge in [-0.1, -0.05) is 24.3 Å². The normalized spacial score (nSPS) is 10.4. The van der Waals surface area contributed by atoms with E-state index in [9.17, 15) is 9.90 Å². The number of ether oxygens (including phenoxy) is 1. The first-order chi connectivity index (χ1) is 13.0. The number of phenolic OH excluding ortho intramolecular Hbond substituents is 1. The average molecular weight is 366 g/mol. The number of amides is 1. The number of aromatic nitrogens is 2. The Morgan fingerprint density at radius 3 is 2.59 bits per heavy atom. The number of nitrogens with one attached hydrogen (secondary N) is 1. The highest BCUT2D eigenvalue weighted by molar-refractivity contribution is 5.91. The van der Waals surface area contributed by atoms with Crippen LogP contribution in [-0.4, -0.2) is 41.5 Å². The molecule has 7 heteroatoms. The monoisotopic (exact) mass is 366 g/mol. The largest absolute Gasteiger partial charge is 0.504 e. The van der Waals surface area contributed by atoms with Crippen molar-refractivity contribution < 1.29 is 14.6 Å². The summed E-state index contributed by atoms with van der Waals surface area (Å²) in [5.41, 5.74) is 2.19. The van der Waals surface area contributed by atoms with Crippen molar-refractivity contribution in [2.24, 2.45) is 0 Å². The van der Waals surface area contributed by atoms with Crippen LogP contribution in [0.1, 0.15) is 5.56 Å². The molecule has 0 aliphatic rings. The minimum absolute atomic E-state index is 0.00323. The molecule has 1 aromatic heterocycles. The van der Waals surface area contributed by atoms with Gasteiger partial charge < -0.3 is 20.1 Å². The van der Waals surface area contributed by atoms with Gasteiger partial charge in [0.05, 0.1) is 12.7 Å². The van der Waals surface area contributed by atoms with Crippen LogP contribution in [-0.2, 0) is 11.3 Å². The maximum Gasteiger partial charge on any atom is 0.263 e. The standard InChI is InChI=1S/C20H22N4O3/c1-23(2)16-9-7-15(8-10-16)13-24-19(11-12-21-24)22-20(26)14-27-18-6-4-3-5-17(18)25/h3-12,25H,13-14H2,1-2H3,(H,22,26). The fourth-order valence-electron chi connectivity index (χ4n) is 2.54. The molecule has 0 spiro atoms. The Bertz CT molecular complexity index is 904. The minimum atomic E-state index is -0.331. The predicted molar refractivity (Wildman–Crippen MR) is 104 cm³/mol. The lowest BCUT2D eigenvalue weighted by Crippen LogP contribution is -2.22. The van der Waals surface area contributed by atoms with E-state index in [0.717, 1.165) is 11.3 Å². The molecule has 0 aliphatic heterocycles. The molecule has 27 heavy (non-hydrogen) atoms. The first kappa shape index (κ1) is 18.3. The zero-order chi connectivity index (χ0) is 19.2. The summed E-state index contributed by atoms with van der Waals surface area (Å²) in [6, 6.07) is 16.4. The summed E-state index contributed by atoms with van der Waals surface area (Å²) in [7, 11) is 3.99. The Balaban J connectivity index is 1.59. The molecule has 0 saturated heterocycles. The molecule has 1 amide bonds. The highest BCUT2D eigenvalue weighted by Crippen LogP contribution is 2.24. The van der Waals surface area contributed by atoms with Gasteiger partial charge in [-0.15, -0.1) is 0 Å². The molecule has 2 aromatic carbocycles. The number of benzene rings is 2. The summed E-state index contributed by atoms with van der Waals surface area (Å²) in [6.07, 6.45) is 1.63. The molecular weight excluding hydrogens is 344 g/mol. The van der Waals surface area contributed by atoms with E-state index in [4.69, 9.17) is 4.74 Å². The second kappa shape index (κ2) is 8.27. The van der Waals surface area contributed by atoms with Crippen molar-refractivity contribution in [1.82, 2.24) is 9.78 Å². The van der Waals surface area contributed by atoms with E-state index < -0.39 is 0 Å². The lowest BCUT2D eigenvalue weighted by Gasteiger charge is -2.13. The van der Waals surface area contributed by atoms with Crippen molar-refractivity contribution in [3.8, 4) is 11.5 Å². The van der Waals surface area contributed by atoms with E-state index in [1.54, 1.807) is 35.1 Å². The number of aromatic hydroxyl groups is 1. The van der Waals surface area contributed by atoms with Crippen LogP contribution in [0.2, 0.25) is 0 Å². The van der Waals surface area contributed by atoms with Crippen molar-refractivity contribution in [3.63, 3.8) is 0 Å². The zero-order valence-corrected chi connectivity index (χ0v) is 15.3. The highest BCUT2D eigenvalue weighted by atomic mass is 16.5. The predicted octanol–water partition coefficient (Wildman–Crippen LogP) is 2.72. The fourth-order valence-corrected chi connectivity index (χ4v) is 2.54. The number of phenols is 1. The van der Waals surface area contributed by atoms with Gasteiger partial charge in [-0.05, 0) is 29.8 Å². The molecule has 7 nitrogen and oxygen atoms in total. The number of hydrogen-bond acceptors (Lipinski definition) is 5. The zero-order valence-electron chi connectivity index (χ0n) is 15.3. The van der Waals surface area contributed by atoms with Gasteiger partial charge in [0.25, 0.3) is 5.91 Å². The summed E-state index contributed by atoms with van der Waals surface area (Å²) >= 11 is 0. The van der Waals surface area contributed by atoms with Crippen molar-refractivity contribution >= 4 is 17.4 Å². The summed E-state index contributed by atoms with van der Waals surface area (Å²) in [4.78, 5) is 14.2. The van der Waals surface area contributed by atoms with Crippen LogP contribution in [0.5, 0.6) is 11.5 Å². The molecule has 0 radical (unpaired) electrons. The maximum atomic E-state index is 12.2. The Morgan fingerprint density at radius 2 is 1.89 bits per heavy atom. The summed E-state index contributed by atoms with van der Waals surface area (Å²) in [5, 5.41) is 16.7. The van der Waals surface area contributed by atoms with Crippen molar-refractivity contribution in [3.05, 3.63) is 66.4 Å². The van der Waals surface area contributed by atoms with E-state index in [1.807, 2.05) is 43.3 Å². The number of nitrogens with zero attached hydrogens (tertiary/aromatic N) is 3. The lowest BCUT2D eigenvalue weighted by molar-refractivity contribution is -0.118. The molecule has 0 bridgehead atoms. The smallest absolute Gasteiger partial charge is 0.263 e. The molecule has 1 heterocycles. The topological polar surface area (TPSA) is 79.6 Å². The molecule has 0 fully saturated rings. The second-order valence-electron chi connectivity index (χ2n) is 6.24. The summed E-state index contributed by atoms with van der Waals surface area (Å²) in [6.45, 7) is 0.330. The molecular formula is C20H22N4O3. The van der Waals surface area contributed by atoms with Gasteiger partial charge in [0.2, 0.25) is 0 Å². The third-order valence-corrected chi connectivity index (χ3v) is 3.99. The maximum absolute atomic E-state index is 12.2. The second-order valence-corrected chi connectivity index (χ2v) is 6.24. The third-order valence-electron chi connectivity index (χ3n) is 3.99. The van der Waals surface area contributed by atoms with Crippen molar-refractivity contribution in [2.45, 2.75) is 6.54 Å². The number of carbonyl (C=O) groups excluding carboxylic acids is 1. The van der Waals surface area contributed by atoms with Crippen LogP contribution >= 0.6 is 0 Å². The Morgan fingerprint density at radius 1 is 1.15 bits per heavy atom. The number of para-hydroxylation sites is 2. The van der Waals surface area contributed by atoms with Gasteiger partial charge in [0.1, 0.15) is 5.82 Å². The van der Waals surface area contributed by atoms with Crippen LogP contribution in [0, 0.1) is 0 Å². The fraction of sp³-hybridized carbons (Fsp3) is 0.200. The Kier molecular flexibility index (Phi) is 5.61. The molecule has 140 valence electrons. The first-order valence-corrected chi connectivity index (χ1v) is 8.51. The average Bonchev–Trinajstić information content (AvgIpc) is 3.08. The molecule has 0 saturated carbocycles. The van der Waals surface area contributed by atoms with Crippen LogP contribution in [0.25, 0.3) is 0 Å². The van der Waals surface area contributed by atoms with Crippen molar-refractivity contribution in [2.75, 3.05) is 30.9 Å². The van der Waals surface area contributed by atoms with E-state index in [0.29, 0.717) is 12.4 Å². The lowest BCUT2D eigenvalue weighted by atomic mass is 10.2. The number of rotatable bonds is 7. The van der Waals surface area contributed by atoms with Gasteiger partial charge in [-0.3, -0.25) is 4.79 Å². The van der Waals surface area contributed by atoms with E-state index in [2.05, 4.69) is 10.4 Å². The van der Waals surface area contributed by atoms with Crippen LogP contribution in [0.3, 0.4) is 0 Å². The minimum Gasteiger partial charge on any atom is -0.504 e. The van der Waals surface area contributed by atoms with Crippen LogP contribution < -0.4 is 15.0 Å². The van der Waals surface area contributed by atoms with Gasteiger partial charge in [0.15, 0.2) is 18.1 Å². The molecule has 3 aromatic rings. The summed E-state index contributed by atoms with van der Waals surface area (Å²) in [5.74, 6) is 0.513. The molecule has 2 N–H and O–H groups in total. The van der Waals surface area contributed by atoms with E-state index in [-0.39, 0.29) is 24.0 Å². The van der Waals surface area contributed by atoms with Crippen LogP contribution in [0.4, 0.5) is 11.5 Å². The first-order valence-electron chi connectivity index (χ1n) is 8.51. The van der Waals surface area contributed by atoms with Gasteiger partial charge in [0, 0.05) is 25.8 Å². The molecule has 0 atom stereocenters. The summed E-state index contributed by atoms with van der Waals surface area (Å²) < 4.78 is 7.06. The van der Waals surface area contributed by atoms with Gasteiger partial charge >= 0.3 is 0 Å². The molecule has 3 rings (SSSR count). The quantitative estimate of drug-likeness (QED) is 0.672. The third kappa shape index (κ3) is 4.78. The highest BCUT2D eigenvalue weighted by Gasteiger charge is 2.10.